The molecule has 0 bridgehead atoms. The van der Waals surface area contributed by atoms with Gasteiger partial charge in [-0.2, -0.15) is 0 Å². The minimum Gasteiger partial charge on any atom is -0.445 e. The number of methoxy groups -OCH3 is 1. The number of nitrogens with zero attached hydrogens (tertiary/aromatic N) is 4. The Balaban J connectivity index is 1.55. The molecular weight excluding hydrogens is 472 g/mol. The van der Waals surface area contributed by atoms with Crippen LogP contribution < -0.4 is 0 Å². The molecule has 1 aliphatic rings. The third kappa shape index (κ3) is 4.31. The van der Waals surface area contributed by atoms with Gasteiger partial charge in [0.1, 0.15) is 22.6 Å². The first-order chi connectivity index (χ1) is 14.6. The molecule has 3 aromatic rings. The van der Waals surface area contributed by atoms with Crippen molar-refractivity contribution in [1.82, 2.24) is 19.3 Å². The molecule has 0 aliphatic carbocycles. The number of piperidine rings is 1. The van der Waals surface area contributed by atoms with Crippen molar-refractivity contribution in [3.63, 3.8) is 0 Å². The van der Waals surface area contributed by atoms with Crippen molar-refractivity contribution >= 4 is 39.1 Å². The summed E-state index contributed by atoms with van der Waals surface area (Å²) in [7, 11) is 1.65. The Bertz CT molecular complexity index is 1030. The summed E-state index contributed by atoms with van der Waals surface area (Å²) in [5.74, 6) is 0.887. The smallest absolute Gasteiger partial charge is 0.410 e. The van der Waals surface area contributed by atoms with E-state index >= 15 is 0 Å². The molecule has 0 N–H and O–H groups in total. The van der Waals surface area contributed by atoms with Gasteiger partial charge in [0.2, 0.25) is 0 Å². The Labute approximate surface area is 188 Å². The third-order valence-electron chi connectivity index (χ3n) is 5.36. The monoisotopic (exact) mass is 492 g/mol. The SMILES string of the molecule is COCC1CCC(c2nc(Br)c3c(Cl)nccn23)CN1C(=O)OCc1ccccc1. The molecule has 2 aromatic heterocycles. The van der Waals surface area contributed by atoms with Crippen molar-refractivity contribution in [2.75, 3.05) is 20.3 Å². The van der Waals surface area contributed by atoms with Crippen molar-refractivity contribution in [1.29, 1.82) is 0 Å². The first-order valence-corrected chi connectivity index (χ1v) is 10.9. The zero-order valence-corrected chi connectivity index (χ0v) is 18.8. The maximum absolute atomic E-state index is 12.9. The van der Waals surface area contributed by atoms with Crippen LogP contribution in [0, 0.1) is 0 Å². The molecule has 0 spiro atoms. The van der Waals surface area contributed by atoms with Gasteiger partial charge in [0, 0.05) is 32.0 Å². The maximum atomic E-state index is 12.9. The normalized spacial score (nSPS) is 19.2. The summed E-state index contributed by atoms with van der Waals surface area (Å²) < 4.78 is 13.5. The molecule has 30 heavy (non-hydrogen) atoms. The summed E-state index contributed by atoms with van der Waals surface area (Å²) >= 11 is 9.74. The number of ether oxygens (including phenoxy) is 2. The average Bonchev–Trinajstić information content (AvgIpc) is 3.11. The van der Waals surface area contributed by atoms with Gasteiger partial charge >= 0.3 is 6.09 Å². The summed E-state index contributed by atoms with van der Waals surface area (Å²) in [6, 6.07) is 9.62. The number of hydrogen-bond donors (Lipinski definition) is 0. The van der Waals surface area contributed by atoms with Gasteiger partial charge in [-0.3, -0.25) is 4.40 Å². The second-order valence-corrected chi connectivity index (χ2v) is 8.38. The zero-order valence-electron chi connectivity index (χ0n) is 16.5. The van der Waals surface area contributed by atoms with Crippen LogP contribution in [0.3, 0.4) is 0 Å². The predicted octanol–water partition coefficient (Wildman–Crippen LogP) is 4.68. The van der Waals surface area contributed by atoms with Gasteiger partial charge in [-0.15, -0.1) is 0 Å². The van der Waals surface area contributed by atoms with E-state index in [2.05, 4.69) is 25.9 Å². The van der Waals surface area contributed by atoms with Crippen LogP contribution in [-0.2, 0) is 16.1 Å². The molecule has 4 rings (SSSR count). The van der Waals surface area contributed by atoms with Crippen molar-refractivity contribution in [2.24, 2.45) is 0 Å². The molecule has 2 atom stereocenters. The highest BCUT2D eigenvalue weighted by molar-refractivity contribution is 9.10. The van der Waals surface area contributed by atoms with Crippen LogP contribution in [0.2, 0.25) is 5.15 Å². The highest BCUT2D eigenvalue weighted by Crippen LogP contribution is 2.34. The van der Waals surface area contributed by atoms with Crippen LogP contribution in [-0.4, -0.2) is 51.7 Å². The van der Waals surface area contributed by atoms with Gasteiger partial charge in [-0.25, -0.2) is 14.8 Å². The lowest BCUT2D eigenvalue weighted by Gasteiger charge is -2.38. The molecule has 0 saturated carbocycles. The predicted molar refractivity (Wildman–Crippen MR) is 117 cm³/mol. The Hall–Kier alpha value is -2.16. The number of rotatable bonds is 5. The van der Waals surface area contributed by atoms with E-state index in [0.717, 1.165) is 29.7 Å². The molecule has 3 heterocycles. The van der Waals surface area contributed by atoms with E-state index in [0.29, 0.717) is 22.9 Å². The topological polar surface area (TPSA) is 69.0 Å². The van der Waals surface area contributed by atoms with Gasteiger partial charge in [0.15, 0.2) is 5.15 Å². The van der Waals surface area contributed by atoms with Crippen molar-refractivity contribution in [2.45, 2.75) is 31.4 Å². The molecule has 158 valence electrons. The van der Waals surface area contributed by atoms with Gasteiger partial charge in [0.25, 0.3) is 0 Å². The lowest BCUT2D eigenvalue weighted by Crippen LogP contribution is -2.48. The second kappa shape index (κ2) is 9.32. The van der Waals surface area contributed by atoms with E-state index in [9.17, 15) is 4.79 Å². The average molecular weight is 494 g/mol. The summed E-state index contributed by atoms with van der Waals surface area (Å²) in [5.41, 5.74) is 1.68. The van der Waals surface area contributed by atoms with Gasteiger partial charge in [-0.05, 0) is 34.3 Å². The fourth-order valence-electron chi connectivity index (χ4n) is 3.90. The maximum Gasteiger partial charge on any atom is 0.410 e. The van der Waals surface area contributed by atoms with E-state index in [-0.39, 0.29) is 24.7 Å². The van der Waals surface area contributed by atoms with Crippen molar-refractivity contribution in [3.8, 4) is 0 Å². The number of hydrogen-bond acceptors (Lipinski definition) is 5. The van der Waals surface area contributed by atoms with Crippen LogP contribution in [0.1, 0.15) is 30.1 Å². The molecule has 9 heteroatoms. The molecule has 1 fully saturated rings. The van der Waals surface area contributed by atoms with Crippen LogP contribution in [0.25, 0.3) is 5.52 Å². The number of benzene rings is 1. The Kier molecular flexibility index (Phi) is 6.55. The van der Waals surface area contributed by atoms with E-state index in [1.54, 1.807) is 18.2 Å². The fourth-order valence-corrected chi connectivity index (χ4v) is 4.81. The number of halogens is 2. The van der Waals surface area contributed by atoms with Crippen LogP contribution in [0.15, 0.2) is 47.3 Å². The van der Waals surface area contributed by atoms with Crippen LogP contribution in [0.4, 0.5) is 4.79 Å². The van der Waals surface area contributed by atoms with E-state index < -0.39 is 0 Å². The fraction of sp³-hybridized carbons (Fsp3) is 0.381. The molecule has 1 saturated heterocycles. The zero-order chi connectivity index (χ0) is 21.1. The molecule has 7 nitrogen and oxygen atoms in total. The van der Waals surface area contributed by atoms with Gasteiger partial charge in [-0.1, -0.05) is 41.9 Å². The van der Waals surface area contributed by atoms with Crippen molar-refractivity contribution < 1.29 is 14.3 Å². The minimum atomic E-state index is -0.342. The third-order valence-corrected chi connectivity index (χ3v) is 6.19. The van der Waals surface area contributed by atoms with E-state index in [1.807, 2.05) is 40.9 Å². The summed E-state index contributed by atoms with van der Waals surface area (Å²) in [6.45, 7) is 1.20. The van der Waals surface area contributed by atoms with Gasteiger partial charge < -0.3 is 14.4 Å². The molecular formula is C21H22BrClN4O3. The first-order valence-electron chi connectivity index (χ1n) is 9.72. The van der Waals surface area contributed by atoms with E-state index in [1.165, 1.54) is 0 Å². The Morgan fingerprint density at radius 3 is 2.87 bits per heavy atom. The summed E-state index contributed by atoms with van der Waals surface area (Å²) in [5, 5.41) is 0.385. The largest absolute Gasteiger partial charge is 0.445 e. The lowest BCUT2D eigenvalue weighted by atomic mass is 9.92. The molecule has 2 unspecified atom stereocenters. The number of fused-ring (bicyclic) bond motifs is 1. The summed E-state index contributed by atoms with van der Waals surface area (Å²) in [6.07, 6.45) is 4.82. The number of aromatic nitrogens is 3. The number of likely N-dealkylation sites (tertiary alicyclic amines) is 1. The van der Waals surface area contributed by atoms with Gasteiger partial charge in [0.05, 0.1) is 12.6 Å². The molecule has 1 aromatic carbocycles. The Morgan fingerprint density at radius 1 is 1.30 bits per heavy atom. The standard InChI is InChI=1S/C21H22BrClN4O3/c1-29-13-16-8-7-15(20-25-18(22)17-19(23)24-9-10-26(17)20)11-27(16)21(28)30-12-14-5-3-2-4-6-14/h2-6,9-10,15-16H,7-8,11-13H2,1H3. The highest BCUT2D eigenvalue weighted by atomic mass is 79.9. The Morgan fingerprint density at radius 2 is 2.10 bits per heavy atom. The quantitative estimate of drug-likeness (QED) is 0.516. The molecule has 0 radical (unpaired) electrons. The van der Waals surface area contributed by atoms with E-state index in [4.69, 9.17) is 21.1 Å². The minimum absolute atomic E-state index is 0.0329. The number of imidazole rings is 1. The molecule has 1 amide bonds. The molecule has 1 aliphatic heterocycles. The highest BCUT2D eigenvalue weighted by Gasteiger charge is 2.35. The first kappa shape index (κ1) is 21.1. The second-order valence-electron chi connectivity index (χ2n) is 7.27. The number of carbonyl (C=O) groups excluding carboxylic acids is 1. The number of amides is 1. The van der Waals surface area contributed by atoms with Crippen molar-refractivity contribution in [3.05, 3.63) is 63.9 Å². The van der Waals surface area contributed by atoms with Crippen LogP contribution >= 0.6 is 27.5 Å². The number of carbonyl (C=O) groups is 1. The van der Waals surface area contributed by atoms with Crippen LogP contribution in [0.5, 0.6) is 0 Å². The summed E-state index contributed by atoms with van der Waals surface area (Å²) in [4.78, 5) is 23.5. The lowest BCUT2D eigenvalue weighted by molar-refractivity contribution is 0.0338.